The minimum Gasteiger partial charge on any atom is -0.252 e. The number of nitrogens with zero attached hydrogens (tertiary/aromatic N) is 3. The lowest BCUT2D eigenvalue weighted by Crippen LogP contribution is -2.10. The normalized spacial score (nSPS) is 11.9. The highest BCUT2D eigenvalue weighted by molar-refractivity contribution is 5.85. The summed E-state index contributed by atoms with van der Waals surface area (Å²) in [6.45, 7) is 3.22. The number of hydrogen-bond acceptors (Lipinski definition) is 2. The van der Waals surface area contributed by atoms with Crippen molar-refractivity contribution >= 4 is 12.4 Å². The van der Waals surface area contributed by atoms with Gasteiger partial charge in [-0.15, -0.1) is 12.4 Å². The first-order valence-corrected chi connectivity index (χ1v) is 10.3. The molecule has 0 fully saturated rings. The smallest absolute Gasteiger partial charge is 0.137 e. The molecule has 0 saturated carbocycles. The van der Waals surface area contributed by atoms with Gasteiger partial charge < -0.3 is 0 Å². The van der Waals surface area contributed by atoms with Crippen molar-refractivity contribution in [3.8, 4) is 0 Å². The molecular weight excluding hydrogens is 342 g/mol. The Morgan fingerprint density at radius 1 is 0.846 bits per heavy atom. The monoisotopic (exact) mass is 377 g/mol. The van der Waals surface area contributed by atoms with Crippen LogP contribution < -0.4 is 0 Å². The largest absolute Gasteiger partial charge is 0.252 e. The molecule has 0 saturated heterocycles. The maximum absolute atomic E-state index is 4.29. The molecule has 26 heavy (non-hydrogen) atoms. The second-order valence-electron chi connectivity index (χ2n) is 7.20. The van der Waals surface area contributed by atoms with Crippen molar-refractivity contribution < 1.29 is 0 Å². The molecule has 1 aromatic heterocycles. The first-order chi connectivity index (χ1) is 12.4. The zero-order valence-electron chi connectivity index (χ0n) is 16.4. The maximum atomic E-state index is 4.29. The summed E-state index contributed by atoms with van der Waals surface area (Å²) >= 11 is 0. The lowest BCUT2D eigenvalue weighted by molar-refractivity contribution is 0.460. The van der Waals surface area contributed by atoms with E-state index in [1.54, 1.807) is 6.33 Å². The Labute approximate surface area is 166 Å². The van der Waals surface area contributed by atoms with Gasteiger partial charge in [0.15, 0.2) is 0 Å². The van der Waals surface area contributed by atoms with Crippen molar-refractivity contribution in [2.45, 2.75) is 90.0 Å². The van der Waals surface area contributed by atoms with Crippen molar-refractivity contribution in [2.24, 2.45) is 0 Å². The van der Waals surface area contributed by atoms with E-state index in [2.05, 4.69) is 47.3 Å². The molecule has 2 aromatic rings. The summed E-state index contributed by atoms with van der Waals surface area (Å²) in [5, 5.41) is 4.29. The Kier molecular flexibility index (Phi) is 12.9. The number of unbranched alkanes of at least 4 members (excludes halogenated alkanes) is 9. The van der Waals surface area contributed by atoms with Gasteiger partial charge in [0.25, 0.3) is 0 Å². The third kappa shape index (κ3) is 9.38. The minimum absolute atomic E-state index is 0. The van der Waals surface area contributed by atoms with Crippen molar-refractivity contribution in [1.29, 1.82) is 0 Å². The summed E-state index contributed by atoms with van der Waals surface area (Å²) < 4.78 is 1.97. The van der Waals surface area contributed by atoms with E-state index in [0.29, 0.717) is 5.92 Å². The van der Waals surface area contributed by atoms with Crippen molar-refractivity contribution in [1.82, 2.24) is 14.8 Å². The fourth-order valence-corrected chi connectivity index (χ4v) is 3.52. The zero-order chi connectivity index (χ0) is 17.6. The second-order valence-corrected chi connectivity index (χ2v) is 7.20. The van der Waals surface area contributed by atoms with Gasteiger partial charge in [-0.05, 0) is 12.0 Å². The van der Waals surface area contributed by atoms with Crippen LogP contribution in [0.1, 0.15) is 89.0 Å². The van der Waals surface area contributed by atoms with Gasteiger partial charge in [-0.25, -0.2) is 4.98 Å². The van der Waals surface area contributed by atoms with E-state index in [0.717, 1.165) is 6.54 Å². The van der Waals surface area contributed by atoms with E-state index in [1.165, 1.54) is 76.2 Å². The molecule has 0 aliphatic carbocycles. The van der Waals surface area contributed by atoms with Crippen LogP contribution in [0.4, 0.5) is 0 Å². The van der Waals surface area contributed by atoms with Gasteiger partial charge in [-0.2, -0.15) is 5.10 Å². The first-order valence-electron chi connectivity index (χ1n) is 10.3. The van der Waals surface area contributed by atoms with Crippen molar-refractivity contribution in [3.63, 3.8) is 0 Å². The van der Waals surface area contributed by atoms with Gasteiger partial charge in [-0.3, -0.25) is 4.68 Å². The lowest BCUT2D eigenvalue weighted by Gasteiger charge is -2.17. The van der Waals surface area contributed by atoms with E-state index in [4.69, 9.17) is 0 Å². The van der Waals surface area contributed by atoms with Gasteiger partial charge >= 0.3 is 0 Å². The lowest BCUT2D eigenvalue weighted by atomic mass is 9.93. The summed E-state index contributed by atoms with van der Waals surface area (Å²) in [4.78, 5) is 4.08. The SMILES string of the molecule is CCCCCCCCCCCCC(Cn1cncn1)c1ccccc1.Cl. The molecule has 1 atom stereocenters. The molecule has 3 nitrogen and oxygen atoms in total. The first kappa shape index (κ1) is 22.7. The molecular formula is C22H36ClN3. The molecule has 0 amide bonds. The van der Waals surface area contributed by atoms with Gasteiger partial charge in [0, 0.05) is 12.5 Å². The third-order valence-electron chi connectivity index (χ3n) is 5.05. The molecule has 0 spiro atoms. The Hall–Kier alpha value is -1.35. The molecule has 4 heteroatoms. The number of benzene rings is 1. The molecule has 0 bridgehead atoms. The summed E-state index contributed by atoms with van der Waals surface area (Å²) in [6.07, 6.45) is 18.6. The van der Waals surface area contributed by atoms with Gasteiger partial charge in [0.05, 0.1) is 0 Å². The molecule has 1 heterocycles. The van der Waals surface area contributed by atoms with E-state index >= 15 is 0 Å². The highest BCUT2D eigenvalue weighted by Gasteiger charge is 2.12. The van der Waals surface area contributed by atoms with Crippen LogP contribution in [0.15, 0.2) is 43.0 Å². The maximum Gasteiger partial charge on any atom is 0.137 e. The highest BCUT2D eigenvalue weighted by atomic mass is 35.5. The summed E-state index contributed by atoms with van der Waals surface area (Å²) in [6, 6.07) is 10.9. The predicted molar refractivity (Wildman–Crippen MR) is 113 cm³/mol. The summed E-state index contributed by atoms with van der Waals surface area (Å²) in [7, 11) is 0. The van der Waals surface area contributed by atoms with Crippen LogP contribution >= 0.6 is 12.4 Å². The zero-order valence-corrected chi connectivity index (χ0v) is 17.2. The number of hydrogen-bond donors (Lipinski definition) is 0. The van der Waals surface area contributed by atoms with Gasteiger partial charge in [0.2, 0.25) is 0 Å². The Bertz CT molecular complexity index is 528. The number of rotatable bonds is 14. The van der Waals surface area contributed by atoms with E-state index in [9.17, 15) is 0 Å². The van der Waals surface area contributed by atoms with Crippen molar-refractivity contribution in [3.05, 3.63) is 48.5 Å². The van der Waals surface area contributed by atoms with E-state index in [1.807, 2.05) is 11.0 Å². The van der Waals surface area contributed by atoms with Crippen LogP contribution in [0.2, 0.25) is 0 Å². The molecule has 2 rings (SSSR count). The van der Waals surface area contributed by atoms with Crippen molar-refractivity contribution in [2.75, 3.05) is 0 Å². The predicted octanol–water partition coefficient (Wildman–Crippen LogP) is 6.79. The molecule has 0 N–H and O–H groups in total. The van der Waals surface area contributed by atoms with Crippen LogP contribution in [-0.4, -0.2) is 14.8 Å². The van der Waals surface area contributed by atoms with E-state index in [-0.39, 0.29) is 12.4 Å². The third-order valence-corrected chi connectivity index (χ3v) is 5.05. The average Bonchev–Trinajstić information content (AvgIpc) is 3.16. The van der Waals surface area contributed by atoms with Crippen LogP contribution in [0.5, 0.6) is 0 Å². The molecule has 146 valence electrons. The fraction of sp³-hybridized carbons (Fsp3) is 0.636. The Balaban J connectivity index is 0.00000338. The molecule has 0 aliphatic heterocycles. The minimum atomic E-state index is 0. The summed E-state index contributed by atoms with van der Waals surface area (Å²) in [5.41, 5.74) is 1.42. The Morgan fingerprint density at radius 2 is 1.46 bits per heavy atom. The Morgan fingerprint density at radius 3 is 2.04 bits per heavy atom. The highest BCUT2D eigenvalue weighted by Crippen LogP contribution is 2.24. The molecule has 0 aliphatic rings. The van der Waals surface area contributed by atoms with Gasteiger partial charge in [0.1, 0.15) is 12.7 Å². The quantitative estimate of drug-likeness (QED) is 0.339. The van der Waals surface area contributed by atoms with Gasteiger partial charge in [-0.1, -0.05) is 101 Å². The average molecular weight is 378 g/mol. The topological polar surface area (TPSA) is 30.7 Å². The molecule has 0 radical (unpaired) electrons. The van der Waals surface area contributed by atoms with E-state index < -0.39 is 0 Å². The van der Waals surface area contributed by atoms with Crippen LogP contribution in [0.3, 0.4) is 0 Å². The molecule has 1 aromatic carbocycles. The van der Waals surface area contributed by atoms with Crippen LogP contribution in [0, 0.1) is 0 Å². The number of aromatic nitrogens is 3. The standard InChI is InChI=1S/C22H35N3.ClH/c1-2-3-4-5-6-7-8-9-10-12-17-22(18-25-20-23-19-24-25)21-15-13-11-14-16-21;/h11,13-16,19-20,22H,2-10,12,17-18H2,1H3;1H. The number of halogens is 1. The fourth-order valence-electron chi connectivity index (χ4n) is 3.52. The second kappa shape index (κ2) is 14.8. The molecule has 1 unspecified atom stereocenters. The van der Waals surface area contributed by atoms with Crippen LogP contribution in [-0.2, 0) is 6.54 Å². The van der Waals surface area contributed by atoms with Crippen LogP contribution in [0.25, 0.3) is 0 Å². The summed E-state index contributed by atoms with van der Waals surface area (Å²) in [5.74, 6) is 0.539.